The first kappa shape index (κ1) is 24.3. The van der Waals surface area contributed by atoms with Crippen molar-refractivity contribution in [3.05, 3.63) is 68.2 Å². The Balaban J connectivity index is 1.77. The zero-order valence-corrected chi connectivity index (χ0v) is 20.5. The number of aromatic nitrogens is 2. The molecule has 1 N–H and O–H groups in total. The maximum absolute atomic E-state index is 13.1. The van der Waals surface area contributed by atoms with Gasteiger partial charge in [-0.3, -0.25) is 19.2 Å². The molecular formula is C26H30N4O5. The number of hydrogen-bond acceptors (Lipinski definition) is 6. The summed E-state index contributed by atoms with van der Waals surface area (Å²) in [5.74, 6) is -0.622. The van der Waals surface area contributed by atoms with Gasteiger partial charge in [-0.05, 0) is 51.0 Å². The highest BCUT2D eigenvalue weighted by atomic mass is 16.5. The number of ether oxygens (including phenoxy) is 1. The van der Waals surface area contributed by atoms with Crippen molar-refractivity contribution in [1.82, 2.24) is 9.13 Å². The summed E-state index contributed by atoms with van der Waals surface area (Å²) in [4.78, 5) is 52.3. The Labute approximate surface area is 202 Å². The minimum atomic E-state index is -0.640. The number of piperidine rings is 1. The van der Waals surface area contributed by atoms with Crippen molar-refractivity contribution in [2.24, 2.45) is 20.0 Å². The third-order valence-corrected chi connectivity index (χ3v) is 6.59. The Morgan fingerprint density at radius 3 is 2.23 bits per heavy atom. The first-order valence-electron chi connectivity index (χ1n) is 11.7. The first-order chi connectivity index (χ1) is 16.7. The molecule has 0 radical (unpaired) electrons. The van der Waals surface area contributed by atoms with Crippen molar-refractivity contribution in [3.8, 4) is 0 Å². The highest BCUT2D eigenvalue weighted by molar-refractivity contribution is 6.07. The maximum atomic E-state index is 13.1. The second-order valence-electron chi connectivity index (χ2n) is 8.92. The molecule has 4 rings (SSSR count). The molecule has 1 aromatic heterocycles. The number of benzene rings is 2. The molecule has 0 atom stereocenters. The minimum absolute atomic E-state index is 0.165. The molecule has 0 bridgehead atoms. The summed E-state index contributed by atoms with van der Waals surface area (Å²) >= 11 is 0. The van der Waals surface area contributed by atoms with Crippen LogP contribution in [0.15, 0.2) is 46.0 Å². The van der Waals surface area contributed by atoms with E-state index in [2.05, 4.69) is 10.2 Å². The molecule has 2 aromatic carbocycles. The van der Waals surface area contributed by atoms with Crippen LogP contribution in [0.25, 0.3) is 11.0 Å². The number of aryl methyl sites for hydroxylation is 3. The molecule has 9 heteroatoms. The third kappa shape index (κ3) is 4.71. The Hall–Kier alpha value is -3.88. The van der Waals surface area contributed by atoms with E-state index in [9.17, 15) is 19.2 Å². The fourth-order valence-corrected chi connectivity index (χ4v) is 4.57. The van der Waals surface area contributed by atoms with Gasteiger partial charge in [-0.1, -0.05) is 17.7 Å². The Morgan fingerprint density at radius 1 is 1.00 bits per heavy atom. The van der Waals surface area contributed by atoms with Crippen LogP contribution in [0.5, 0.6) is 0 Å². The smallest absolute Gasteiger partial charge is 0.316 e. The summed E-state index contributed by atoms with van der Waals surface area (Å²) in [7, 11) is 3.11. The number of nitrogens with one attached hydrogen (secondary N) is 1. The monoisotopic (exact) mass is 478 g/mol. The zero-order chi connectivity index (χ0) is 25.3. The first-order valence-corrected chi connectivity index (χ1v) is 11.7. The molecular weight excluding hydrogens is 448 g/mol. The summed E-state index contributed by atoms with van der Waals surface area (Å²) in [6.07, 6.45) is 1.24. The number of anilines is 2. The van der Waals surface area contributed by atoms with Gasteiger partial charge in [0, 0.05) is 32.7 Å². The molecule has 0 saturated carbocycles. The molecule has 1 saturated heterocycles. The van der Waals surface area contributed by atoms with E-state index in [4.69, 9.17) is 4.74 Å². The normalized spacial score (nSPS) is 14.2. The lowest BCUT2D eigenvalue weighted by molar-refractivity contribution is -0.148. The number of carbonyl (C=O) groups is 2. The molecule has 1 aliphatic rings. The van der Waals surface area contributed by atoms with E-state index in [0.717, 1.165) is 11.3 Å². The topological polar surface area (TPSA) is 103 Å². The lowest BCUT2D eigenvalue weighted by Gasteiger charge is -2.34. The highest BCUT2D eigenvalue weighted by Crippen LogP contribution is 2.34. The van der Waals surface area contributed by atoms with Crippen molar-refractivity contribution >= 4 is 34.3 Å². The average Bonchev–Trinajstić information content (AvgIpc) is 2.86. The SMILES string of the molecule is CCOC(=O)C1CCN(c2cc3c(cc2NC(=O)c2cccc(C)c2)n(C)c(=O)c(=O)n3C)CC1. The van der Waals surface area contributed by atoms with Crippen molar-refractivity contribution in [2.45, 2.75) is 26.7 Å². The van der Waals surface area contributed by atoms with E-state index in [-0.39, 0.29) is 17.8 Å². The predicted octanol–water partition coefficient (Wildman–Crippen LogP) is 2.58. The Morgan fingerprint density at radius 2 is 1.63 bits per heavy atom. The Bertz CT molecular complexity index is 1410. The number of hydrogen-bond donors (Lipinski definition) is 1. The van der Waals surface area contributed by atoms with Crippen LogP contribution in [0.1, 0.15) is 35.7 Å². The molecule has 0 aliphatic carbocycles. The van der Waals surface area contributed by atoms with Gasteiger partial charge >= 0.3 is 17.1 Å². The molecule has 2 heterocycles. The molecule has 184 valence electrons. The molecule has 3 aromatic rings. The van der Waals surface area contributed by atoms with Crippen molar-refractivity contribution in [3.63, 3.8) is 0 Å². The standard InChI is InChI=1S/C26H30N4O5/c1-5-35-26(34)17-9-11-30(12-10-17)20-15-22-21(28(3)24(32)25(33)29(22)4)14-19(20)27-23(31)18-8-6-7-16(2)13-18/h6-8,13-15,17H,5,9-12H2,1-4H3,(H,27,31). The number of carbonyl (C=O) groups excluding carboxylic acids is 2. The second-order valence-corrected chi connectivity index (χ2v) is 8.92. The molecule has 35 heavy (non-hydrogen) atoms. The maximum Gasteiger partial charge on any atom is 0.316 e. The van der Waals surface area contributed by atoms with Gasteiger partial charge in [-0.15, -0.1) is 0 Å². The summed E-state index contributed by atoms with van der Waals surface area (Å²) in [6, 6.07) is 10.9. The lowest BCUT2D eigenvalue weighted by Crippen LogP contribution is -2.40. The van der Waals surface area contributed by atoms with Gasteiger partial charge in [0.1, 0.15) is 0 Å². The molecule has 9 nitrogen and oxygen atoms in total. The van der Waals surface area contributed by atoms with Crippen LogP contribution >= 0.6 is 0 Å². The highest BCUT2D eigenvalue weighted by Gasteiger charge is 2.28. The van der Waals surface area contributed by atoms with Crippen molar-refractivity contribution in [1.29, 1.82) is 0 Å². The average molecular weight is 479 g/mol. The van der Waals surface area contributed by atoms with Crippen LogP contribution in [0.3, 0.4) is 0 Å². The van der Waals surface area contributed by atoms with Crippen molar-refractivity contribution < 1.29 is 14.3 Å². The Kier molecular flexibility index (Phi) is 6.77. The third-order valence-electron chi connectivity index (χ3n) is 6.59. The molecule has 1 amide bonds. The fraction of sp³-hybridized carbons (Fsp3) is 0.385. The summed E-state index contributed by atoms with van der Waals surface area (Å²) < 4.78 is 7.82. The minimum Gasteiger partial charge on any atom is -0.466 e. The van der Waals surface area contributed by atoms with Crippen LogP contribution in [0.4, 0.5) is 11.4 Å². The fourth-order valence-electron chi connectivity index (χ4n) is 4.57. The quantitative estimate of drug-likeness (QED) is 0.447. The van der Waals surface area contributed by atoms with Crippen LogP contribution in [0, 0.1) is 12.8 Å². The van der Waals surface area contributed by atoms with Gasteiger partial charge in [0.25, 0.3) is 5.91 Å². The molecule has 1 aliphatic heterocycles. The summed E-state index contributed by atoms with van der Waals surface area (Å²) in [5.41, 5.74) is 2.60. The van der Waals surface area contributed by atoms with Crippen LogP contribution < -0.4 is 21.3 Å². The lowest BCUT2D eigenvalue weighted by atomic mass is 9.96. The van der Waals surface area contributed by atoms with Crippen molar-refractivity contribution in [2.75, 3.05) is 29.9 Å². The van der Waals surface area contributed by atoms with Crippen LogP contribution in [-0.4, -0.2) is 40.7 Å². The molecule has 0 spiro atoms. The molecule has 0 unspecified atom stereocenters. The summed E-state index contributed by atoms with van der Waals surface area (Å²) in [5, 5.41) is 3.00. The van der Waals surface area contributed by atoms with Gasteiger partial charge in [-0.2, -0.15) is 0 Å². The number of esters is 1. The summed E-state index contributed by atoms with van der Waals surface area (Å²) in [6.45, 7) is 5.24. The van der Waals surface area contributed by atoms with Gasteiger partial charge in [0.2, 0.25) is 0 Å². The van der Waals surface area contributed by atoms with Gasteiger partial charge in [0.05, 0.1) is 34.9 Å². The number of rotatable bonds is 5. The van der Waals surface area contributed by atoms with E-state index in [1.54, 1.807) is 39.2 Å². The van der Waals surface area contributed by atoms with E-state index in [1.807, 2.05) is 25.1 Å². The van der Waals surface area contributed by atoms with Crippen LogP contribution in [0.2, 0.25) is 0 Å². The molecule has 1 fully saturated rings. The second kappa shape index (κ2) is 9.77. The number of amides is 1. The van der Waals surface area contributed by atoms with Gasteiger partial charge in [0.15, 0.2) is 0 Å². The van der Waals surface area contributed by atoms with E-state index in [0.29, 0.717) is 54.8 Å². The van der Waals surface area contributed by atoms with E-state index in [1.165, 1.54) is 9.13 Å². The van der Waals surface area contributed by atoms with Crippen LogP contribution in [-0.2, 0) is 23.6 Å². The number of fused-ring (bicyclic) bond motifs is 1. The predicted molar refractivity (Wildman–Crippen MR) is 135 cm³/mol. The van der Waals surface area contributed by atoms with Gasteiger partial charge in [-0.25, -0.2) is 0 Å². The van der Waals surface area contributed by atoms with E-state index < -0.39 is 11.1 Å². The largest absolute Gasteiger partial charge is 0.466 e. The van der Waals surface area contributed by atoms with E-state index >= 15 is 0 Å². The number of nitrogens with zero attached hydrogens (tertiary/aromatic N) is 3. The zero-order valence-electron chi connectivity index (χ0n) is 20.5. The van der Waals surface area contributed by atoms with Gasteiger partial charge < -0.3 is 24.1 Å².